The maximum atomic E-state index is 8.80. The molecule has 0 saturated carbocycles. The van der Waals surface area contributed by atoms with Crippen LogP contribution in [0.15, 0.2) is 48.4 Å². The van der Waals surface area contributed by atoms with Crippen LogP contribution in [-0.2, 0) is 13.1 Å². The fourth-order valence-corrected chi connectivity index (χ4v) is 2.70. The number of hydrogen-bond donors (Lipinski definition) is 1. The van der Waals surface area contributed by atoms with Gasteiger partial charge in [-0.05, 0) is 23.8 Å². The van der Waals surface area contributed by atoms with Crippen LogP contribution in [0.5, 0.6) is 0 Å². The lowest BCUT2D eigenvalue weighted by Crippen LogP contribution is -2.01. The second-order valence-electron chi connectivity index (χ2n) is 4.56. The Morgan fingerprint density at radius 3 is 2.81 bits per heavy atom. The molecule has 1 aromatic carbocycles. The van der Waals surface area contributed by atoms with Crippen molar-refractivity contribution in [2.45, 2.75) is 13.1 Å². The van der Waals surface area contributed by atoms with Gasteiger partial charge in [0.2, 0.25) is 0 Å². The summed E-state index contributed by atoms with van der Waals surface area (Å²) < 4.78 is 1.79. The van der Waals surface area contributed by atoms with Gasteiger partial charge in [0.05, 0.1) is 12.1 Å². The van der Waals surface area contributed by atoms with E-state index in [1.54, 1.807) is 22.3 Å². The summed E-state index contributed by atoms with van der Waals surface area (Å²) >= 11 is 1.60. The Morgan fingerprint density at radius 1 is 1.29 bits per heavy atom. The molecule has 3 rings (SSSR count). The molecule has 5 nitrogen and oxygen atoms in total. The average Bonchev–Trinajstić information content (AvgIpc) is 3.18. The zero-order valence-electron chi connectivity index (χ0n) is 11.2. The lowest BCUT2D eigenvalue weighted by Gasteiger charge is -2.06. The van der Waals surface area contributed by atoms with E-state index in [-0.39, 0.29) is 0 Å². The van der Waals surface area contributed by atoms with Gasteiger partial charge in [-0.1, -0.05) is 12.1 Å². The molecule has 104 valence electrons. The van der Waals surface area contributed by atoms with Crippen molar-refractivity contribution in [3.8, 4) is 6.07 Å². The zero-order valence-corrected chi connectivity index (χ0v) is 12.0. The van der Waals surface area contributed by atoms with E-state index in [0.29, 0.717) is 0 Å². The van der Waals surface area contributed by atoms with Crippen LogP contribution >= 0.6 is 11.3 Å². The Hall–Kier alpha value is -2.65. The third-order valence-corrected chi connectivity index (χ3v) is 3.95. The van der Waals surface area contributed by atoms with E-state index in [0.717, 1.165) is 29.2 Å². The van der Waals surface area contributed by atoms with Crippen LogP contribution in [0.1, 0.15) is 16.0 Å². The number of anilines is 1. The number of hydrogen-bond acceptors (Lipinski definition) is 5. The molecule has 0 spiro atoms. The maximum absolute atomic E-state index is 8.80. The molecule has 0 aliphatic rings. The van der Waals surface area contributed by atoms with Gasteiger partial charge < -0.3 is 5.32 Å². The standard InChI is InChI=1S/C15H13N5S/c16-6-13-5-15(21-9-13)7-18-14-3-1-12(2-4-14)8-20-11-17-10-19-20/h1-5,9-11,18H,7-8H2. The number of nitrogens with zero attached hydrogens (tertiary/aromatic N) is 4. The van der Waals surface area contributed by atoms with Crippen LogP contribution in [0.4, 0.5) is 5.69 Å². The summed E-state index contributed by atoms with van der Waals surface area (Å²) in [7, 11) is 0. The normalized spacial score (nSPS) is 10.2. The number of thiophene rings is 1. The quantitative estimate of drug-likeness (QED) is 0.786. The third kappa shape index (κ3) is 3.46. The highest BCUT2D eigenvalue weighted by Gasteiger charge is 2.00. The molecule has 6 heteroatoms. The summed E-state index contributed by atoms with van der Waals surface area (Å²) in [5.41, 5.74) is 2.96. The Bertz CT molecular complexity index is 737. The first kappa shape index (κ1) is 13.3. The van der Waals surface area contributed by atoms with Crippen LogP contribution in [0, 0.1) is 11.3 Å². The van der Waals surface area contributed by atoms with Gasteiger partial charge in [-0.3, -0.25) is 0 Å². The molecule has 2 aromatic heterocycles. The van der Waals surface area contributed by atoms with E-state index in [1.165, 1.54) is 11.9 Å². The summed E-state index contributed by atoms with van der Waals surface area (Å²) in [5, 5.41) is 18.1. The SMILES string of the molecule is N#Cc1csc(CNc2ccc(Cn3cncn3)cc2)c1. The smallest absolute Gasteiger partial charge is 0.137 e. The molecule has 0 unspecified atom stereocenters. The number of rotatable bonds is 5. The van der Waals surface area contributed by atoms with Crippen LogP contribution < -0.4 is 5.32 Å². The van der Waals surface area contributed by atoms with Crippen LogP contribution in [0.3, 0.4) is 0 Å². The summed E-state index contributed by atoms with van der Waals surface area (Å²) in [6, 6.07) is 12.3. The summed E-state index contributed by atoms with van der Waals surface area (Å²) in [4.78, 5) is 5.08. The molecular weight excluding hydrogens is 282 g/mol. The summed E-state index contributed by atoms with van der Waals surface area (Å²) in [5.74, 6) is 0. The topological polar surface area (TPSA) is 66.5 Å². The fourth-order valence-electron chi connectivity index (χ4n) is 1.95. The molecular formula is C15H13N5S. The van der Waals surface area contributed by atoms with Crippen LogP contribution in [-0.4, -0.2) is 14.8 Å². The first-order valence-corrected chi connectivity index (χ1v) is 7.34. The van der Waals surface area contributed by atoms with E-state index in [9.17, 15) is 0 Å². The molecule has 21 heavy (non-hydrogen) atoms. The first-order chi connectivity index (χ1) is 10.3. The summed E-state index contributed by atoms with van der Waals surface area (Å²) in [6.07, 6.45) is 3.24. The van der Waals surface area contributed by atoms with Crippen molar-refractivity contribution < 1.29 is 0 Å². The van der Waals surface area contributed by atoms with E-state index >= 15 is 0 Å². The minimum atomic E-state index is 0.719. The molecule has 0 radical (unpaired) electrons. The Kier molecular flexibility index (Phi) is 3.94. The molecule has 0 saturated heterocycles. The predicted octanol–water partition coefficient (Wildman–Crippen LogP) is 2.87. The fraction of sp³-hybridized carbons (Fsp3) is 0.133. The van der Waals surface area contributed by atoms with Crippen molar-refractivity contribution in [2.24, 2.45) is 0 Å². The van der Waals surface area contributed by atoms with Gasteiger partial charge in [0.1, 0.15) is 18.7 Å². The lowest BCUT2D eigenvalue weighted by atomic mass is 10.2. The van der Waals surface area contributed by atoms with Gasteiger partial charge in [0.15, 0.2) is 0 Å². The number of benzene rings is 1. The van der Waals surface area contributed by atoms with E-state index in [1.807, 2.05) is 23.6 Å². The molecule has 1 N–H and O–H groups in total. The minimum Gasteiger partial charge on any atom is -0.380 e. The van der Waals surface area contributed by atoms with Gasteiger partial charge in [0.25, 0.3) is 0 Å². The zero-order chi connectivity index (χ0) is 14.5. The summed E-state index contributed by atoms with van der Waals surface area (Å²) in [6.45, 7) is 1.45. The monoisotopic (exact) mass is 295 g/mol. The molecule has 0 atom stereocenters. The van der Waals surface area contributed by atoms with Crippen molar-refractivity contribution in [3.05, 3.63) is 64.4 Å². The maximum Gasteiger partial charge on any atom is 0.137 e. The average molecular weight is 295 g/mol. The molecule has 0 aliphatic carbocycles. The Labute approximate surface area is 126 Å². The minimum absolute atomic E-state index is 0.719. The lowest BCUT2D eigenvalue weighted by molar-refractivity contribution is 0.685. The van der Waals surface area contributed by atoms with E-state index in [2.05, 4.69) is 33.6 Å². The third-order valence-electron chi connectivity index (χ3n) is 3.01. The van der Waals surface area contributed by atoms with Gasteiger partial charge >= 0.3 is 0 Å². The van der Waals surface area contributed by atoms with Gasteiger partial charge in [0, 0.05) is 22.5 Å². The van der Waals surface area contributed by atoms with E-state index in [4.69, 9.17) is 5.26 Å². The van der Waals surface area contributed by atoms with Crippen molar-refractivity contribution in [3.63, 3.8) is 0 Å². The van der Waals surface area contributed by atoms with Crippen molar-refractivity contribution in [1.82, 2.24) is 14.8 Å². The van der Waals surface area contributed by atoms with Crippen molar-refractivity contribution >= 4 is 17.0 Å². The number of nitrogens with one attached hydrogen (secondary N) is 1. The largest absolute Gasteiger partial charge is 0.380 e. The second kappa shape index (κ2) is 6.20. The van der Waals surface area contributed by atoms with Gasteiger partial charge in [-0.25, -0.2) is 9.67 Å². The first-order valence-electron chi connectivity index (χ1n) is 6.46. The van der Waals surface area contributed by atoms with Crippen molar-refractivity contribution in [1.29, 1.82) is 5.26 Å². The Morgan fingerprint density at radius 2 is 2.14 bits per heavy atom. The van der Waals surface area contributed by atoms with Crippen LogP contribution in [0.2, 0.25) is 0 Å². The molecule has 2 heterocycles. The molecule has 0 bridgehead atoms. The van der Waals surface area contributed by atoms with Crippen LogP contribution in [0.25, 0.3) is 0 Å². The molecule has 0 aliphatic heterocycles. The molecule has 0 amide bonds. The van der Waals surface area contributed by atoms with E-state index < -0.39 is 0 Å². The number of nitriles is 1. The highest BCUT2D eigenvalue weighted by atomic mass is 32.1. The molecule has 0 fully saturated rings. The number of aromatic nitrogens is 3. The van der Waals surface area contributed by atoms with Gasteiger partial charge in [-0.2, -0.15) is 10.4 Å². The highest BCUT2D eigenvalue weighted by Crippen LogP contribution is 2.17. The van der Waals surface area contributed by atoms with Crippen molar-refractivity contribution in [2.75, 3.05) is 5.32 Å². The highest BCUT2D eigenvalue weighted by molar-refractivity contribution is 7.10. The second-order valence-corrected chi connectivity index (χ2v) is 5.55. The van der Waals surface area contributed by atoms with Gasteiger partial charge in [-0.15, -0.1) is 11.3 Å². The predicted molar refractivity (Wildman–Crippen MR) is 81.9 cm³/mol. The molecule has 3 aromatic rings. The Balaban J connectivity index is 1.58.